The molecule has 140 valence electrons. The Morgan fingerprint density at radius 1 is 1.26 bits per heavy atom. The number of nitrogens with one attached hydrogen (secondary N) is 2. The number of likely N-dealkylation sites (tertiary alicyclic amines) is 1. The molecule has 1 atom stereocenters. The van der Waals surface area contributed by atoms with Crippen molar-refractivity contribution in [2.24, 2.45) is 5.92 Å². The molecule has 2 N–H and O–H groups in total. The van der Waals surface area contributed by atoms with Crippen LogP contribution in [0, 0.1) is 5.92 Å². The van der Waals surface area contributed by atoms with Gasteiger partial charge in [-0.3, -0.25) is 14.8 Å². The summed E-state index contributed by atoms with van der Waals surface area (Å²) in [4.78, 5) is 13.7. The van der Waals surface area contributed by atoms with Gasteiger partial charge in [-0.2, -0.15) is 5.10 Å². The minimum Gasteiger partial charge on any atom is -0.356 e. The topological polar surface area (TPSA) is 61.0 Å². The van der Waals surface area contributed by atoms with Gasteiger partial charge in [0.1, 0.15) is 0 Å². The average Bonchev–Trinajstić information content (AvgIpc) is 3.14. The number of H-pyrrole nitrogens is 1. The Labute approximate surface area is 159 Å². The lowest BCUT2D eigenvalue weighted by Gasteiger charge is -2.32. The van der Waals surface area contributed by atoms with Crippen molar-refractivity contribution < 1.29 is 4.79 Å². The first-order chi connectivity index (χ1) is 13.2. The number of benzene rings is 2. The van der Waals surface area contributed by atoms with Crippen LogP contribution in [0.1, 0.15) is 25.3 Å². The lowest BCUT2D eigenvalue weighted by Crippen LogP contribution is -2.40. The van der Waals surface area contributed by atoms with Crippen LogP contribution in [0.2, 0.25) is 0 Å². The maximum Gasteiger partial charge on any atom is 0.216 e. The van der Waals surface area contributed by atoms with Crippen molar-refractivity contribution in [3.8, 4) is 11.3 Å². The Balaban J connectivity index is 1.53. The molecule has 1 aromatic heterocycles. The zero-order valence-corrected chi connectivity index (χ0v) is 15.7. The van der Waals surface area contributed by atoms with Crippen LogP contribution in [0.15, 0.2) is 48.7 Å². The van der Waals surface area contributed by atoms with E-state index in [1.165, 1.54) is 34.7 Å². The molecule has 5 heteroatoms. The number of piperidine rings is 1. The summed E-state index contributed by atoms with van der Waals surface area (Å²) < 4.78 is 0. The smallest absolute Gasteiger partial charge is 0.216 e. The summed E-state index contributed by atoms with van der Waals surface area (Å²) >= 11 is 0. The normalized spacial score (nSPS) is 17.9. The van der Waals surface area contributed by atoms with Crippen LogP contribution in [-0.2, 0) is 11.3 Å². The molecule has 1 aliphatic rings. The summed E-state index contributed by atoms with van der Waals surface area (Å²) in [5, 5.41) is 13.0. The van der Waals surface area contributed by atoms with Crippen molar-refractivity contribution in [3.05, 3.63) is 54.2 Å². The summed E-state index contributed by atoms with van der Waals surface area (Å²) in [6, 6.07) is 14.9. The van der Waals surface area contributed by atoms with Gasteiger partial charge in [0.05, 0.1) is 11.9 Å². The summed E-state index contributed by atoms with van der Waals surface area (Å²) in [5.41, 5.74) is 3.54. The van der Waals surface area contributed by atoms with Crippen molar-refractivity contribution in [3.63, 3.8) is 0 Å². The highest BCUT2D eigenvalue weighted by Crippen LogP contribution is 2.30. The Hall–Kier alpha value is -2.66. The van der Waals surface area contributed by atoms with E-state index in [0.29, 0.717) is 5.92 Å². The predicted octanol–water partition coefficient (Wildman–Crippen LogP) is 3.58. The second-order valence-electron chi connectivity index (χ2n) is 7.48. The molecule has 5 nitrogen and oxygen atoms in total. The third-order valence-electron chi connectivity index (χ3n) is 5.41. The first-order valence-electron chi connectivity index (χ1n) is 9.68. The molecule has 0 spiro atoms. The van der Waals surface area contributed by atoms with Crippen LogP contribution in [0.5, 0.6) is 0 Å². The summed E-state index contributed by atoms with van der Waals surface area (Å²) in [6.45, 7) is 5.35. The molecular formula is C22H26N4O. The molecule has 1 amide bonds. The molecule has 2 aromatic carbocycles. The standard InChI is InChI=1S/C22H26N4O/c1-16(27)23-12-17-6-5-11-26(14-17)15-19-13-24-25-22(19)21-10-4-8-18-7-2-3-9-20(18)21/h2-4,7-10,13,17H,5-6,11-12,14-15H2,1H3,(H,23,27)(H,24,25). The highest BCUT2D eigenvalue weighted by Gasteiger charge is 2.22. The second kappa shape index (κ2) is 7.92. The minimum atomic E-state index is 0.0557. The average molecular weight is 362 g/mol. The summed E-state index contributed by atoms with van der Waals surface area (Å²) in [7, 11) is 0. The van der Waals surface area contributed by atoms with Gasteiger partial charge in [-0.25, -0.2) is 0 Å². The number of fused-ring (bicyclic) bond motifs is 1. The van der Waals surface area contributed by atoms with Gasteiger partial charge in [-0.1, -0.05) is 42.5 Å². The molecule has 3 aromatic rings. The van der Waals surface area contributed by atoms with Gasteiger partial charge in [0.15, 0.2) is 0 Å². The van der Waals surface area contributed by atoms with Crippen molar-refractivity contribution in [2.45, 2.75) is 26.3 Å². The molecule has 2 heterocycles. The van der Waals surface area contributed by atoms with Crippen molar-refractivity contribution >= 4 is 16.7 Å². The molecule has 0 aliphatic carbocycles. The number of hydrogen-bond donors (Lipinski definition) is 2. The van der Waals surface area contributed by atoms with Crippen LogP contribution in [-0.4, -0.2) is 40.6 Å². The molecule has 1 fully saturated rings. The zero-order valence-electron chi connectivity index (χ0n) is 15.7. The predicted molar refractivity (Wildman–Crippen MR) is 108 cm³/mol. The maximum atomic E-state index is 11.2. The summed E-state index contributed by atoms with van der Waals surface area (Å²) in [5.74, 6) is 0.579. The van der Waals surface area contributed by atoms with Crippen LogP contribution in [0.4, 0.5) is 0 Å². The van der Waals surface area contributed by atoms with Gasteiger partial charge in [0.25, 0.3) is 0 Å². The van der Waals surface area contributed by atoms with E-state index in [9.17, 15) is 4.79 Å². The third kappa shape index (κ3) is 4.03. The zero-order chi connectivity index (χ0) is 18.6. The summed E-state index contributed by atoms with van der Waals surface area (Å²) in [6.07, 6.45) is 4.30. The van der Waals surface area contributed by atoms with E-state index in [2.05, 4.69) is 62.9 Å². The van der Waals surface area contributed by atoms with Crippen LogP contribution >= 0.6 is 0 Å². The number of aromatic amines is 1. The van der Waals surface area contributed by atoms with E-state index in [-0.39, 0.29) is 5.91 Å². The van der Waals surface area contributed by atoms with E-state index in [1.54, 1.807) is 6.92 Å². The highest BCUT2D eigenvalue weighted by molar-refractivity contribution is 5.96. The number of rotatable bonds is 5. The number of hydrogen-bond acceptors (Lipinski definition) is 3. The maximum absolute atomic E-state index is 11.2. The van der Waals surface area contributed by atoms with Crippen LogP contribution < -0.4 is 5.32 Å². The number of aromatic nitrogens is 2. The second-order valence-corrected chi connectivity index (χ2v) is 7.48. The highest BCUT2D eigenvalue weighted by atomic mass is 16.1. The van der Waals surface area contributed by atoms with Crippen molar-refractivity contribution in [2.75, 3.05) is 19.6 Å². The Kier molecular flexibility index (Phi) is 5.21. The molecule has 0 saturated carbocycles. The molecule has 4 rings (SSSR count). The molecular weight excluding hydrogens is 336 g/mol. The number of carbonyl (C=O) groups excluding carboxylic acids is 1. The van der Waals surface area contributed by atoms with Gasteiger partial charge in [0.2, 0.25) is 5.91 Å². The number of amides is 1. The van der Waals surface area contributed by atoms with E-state index < -0.39 is 0 Å². The monoisotopic (exact) mass is 362 g/mol. The SMILES string of the molecule is CC(=O)NCC1CCCN(Cc2cn[nH]c2-c2cccc3ccccc23)C1. The first kappa shape index (κ1) is 17.7. The fraction of sp³-hybridized carbons (Fsp3) is 0.364. The van der Waals surface area contributed by atoms with Gasteiger partial charge >= 0.3 is 0 Å². The lowest BCUT2D eigenvalue weighted by atomic mass is 9.96. The van der Waals surface area contributed by atoms with E-state index in [1.807, 2.05) is 6.20 Å². The lowest BCUT2D eigenvalue weighted by molar-refractivity contribution is -0.119. The van der Waals surface area contributed by atoms with Gasteiger partial charge in [-0.05, 0) is 36.1 Å². The van der Waals surface area contributed by atoms with Crippen molar-refractivity contribution in [1.29, 1.82) is 0 Å². The van der Waals surface area contributed by atoms with E-state index >= 15 is 0 Å². The minimum absolute atomic E-state index is 0.0557. The molecule has 0 bridgehead atoms. The van der Waals surface area contributed by atoms with E-state index in [4.69, 9.17) is 0 Å². The quantitative estimate of drug-likeness (QED) is 0.729. The fourth-order valence-electron chi connectivity index (χ4n) is 4.10. The molecule has 1 saturated heterocycles. The molecule has 0 radical (unpaired) electrons. The molecule has 1 unspecified atom stereocenters. The van der Waals surface area contributed by atoms with E-state index in [0.717, 1.165) is 31.9 Å². The van der Waals surface area contributed by atoms with Crippen LogP contribution in [0.3, 0.4) is 0 Å². The Bertz CT molecular complexity index is 927. The number of nitrogens with zero attached hydrogens (tertiary/aromatic N) is 2. The Morgan fingerprint density at radius 3 is 3.00 bits per heavy atom. The van der Waals surface area contributed by atoms with Gasteiger partial charge in [0, 0.05) is 37.7 Å². The fourth-order valence-corrected chi connectivity index (χ4v) is 4.10. The third-order valence-corrected chi connectivity index (χ3v) is 5.41. The van der Waals surface area contributed by atoms with Crippen molar-refractivity contribution in [1.82, 2.24) is 20.4 Å². The molecule has 27 heavy (non-hydrogen) atoms. The van der Waals surface area contributed by atoms with Gasteiger partial charge in [-0.15, -0.1) is 0 Å². The molecule has 1 aliphatic heterocycles. The largest absolute Gasteiger partial charge is 0.356 e. The first-order valence-corrected chi connectivity index (χ1v) is 9.68. The number of carbonyl (C=O) groups is 1. The van der Waals surface area contributed by atoms with Gasteiger partial charge < -0.3 is 5.32 Å². The Morgan fingerprint density at radius 2 is 2.11 bits per heavy atom. The van der Waals surface area contributed by atoms with Crippen LogP contribution in [0.25, 0.3) is 22.0 Å².